The first-order chi connectivity index (χ1) is 22.6. The predicted octanol–water partition coefficient (Wildman–Crippen LogP) is 3.02. The topological polar surface area (TPSA) is 106 Å². The van der Waals surface area contributed by atoms with Gasteiger partial charge in [-0.2, -0.15) is 0 Å². The highest BCUT2D eigenvalue weighted by Crippen LogP contribution is 2.18. The summed E-state index contributed by atoms with van der Waals surface area (Å²) in [7, 11) is 0. The Bertz CT molecular complexity index is 1260. The summed E-state index contributed by atoms with van der Waals surface area (Å²) in [5.74, 6) is -1.19. The molecule has 47 heavy (non-hydrogen) atoms. The number of rotatable bonds is 8. The third-order valence-corrected chi connectivity index (χ3v) is 8.76. The summed E-state index contributed by atoms with van der Waals surface area (Å²) < 4.78 is 39.9. The minimum atomic E-state index is -1.34. The molecule has 2 amide bonds. The van der Waals surface area contributed by atoms with E-state index in [1.54, 1.807) is 18.2 Å². The van der Waals surface area contributed by atoms with Gasteiger partial charge in [0, 0.05) is 64.7 Å². The molecule has 12 heteroatoms. The van der Waals surface area contributed by atoms with Crippen LogP contribution < -0.4 is 4.90 Å². The van der Waals surface area contributed by atoms with Crippen LogP contribution in [-0.4, -0.2) is 134 Å². The van der Waals surface area contributed by atoms with E-state index in [9.17, 15) is 28.6 Å². The van der Waals surface area contributed by atoms with Crippen LogP contribution in [0.3, 0.4) is 0 Å². The van der Waals surface area contributed by atoms with E-state index < -0.39 is 30.0 Å². The zero-order valence-corrected chi connectivity index (χ0v) is 27.6. The molecule has 0 saturated carbocycles. The molecular weight excluding hydrogens is 610 g/mol. The van der Waals surface area contributed by atoms with Crippen LogP contribution in [-0.2, 0) is 14.3 Å². The maximum absolute atomic E-state index is 14.8. The van der Waals surface area contributed by atoms with Crippen LogP contribution in [0, 0.1) is 17.6 Å². The van der Waals surface area contributed by atoms with Gasteiger partial charge >= 0.3 is 0 Å². The maximum Gasteiger partial charge on any atom is 0.256 e. The maximum atomic E-state index is 14.8. The molecule has 2 aromatic carbocycles. The third-order valence-electron chi connectivity index (χ3n) is 8.76. The zero-order valence-electron chi connectivity index (χ0n) is 27.6. The van der Waals surface area contributed by atoms with Crippen LogP contribution in [0.25, 0.3) is 0 Å². The number of anilines is 1. The summed E-state index contributed by atoms with van der Waals surface area (Å²) in [6.45, 7) is 8.14. The second-order valence-electron chi connectivity index (χ2n) is 12.8. The summed E-state index contributed by atoms with van der Waals surface area (Å²) in [6, 6.07) is 12.1. The molecule has 0 unspecified atom stereocenters. The number of piperazine rings is 1. The second kappa shape index (κ2) is 18.4. The van der Waals surface area contributed by atoms with Crippen molar-refractivity contribution < 1.29 is 38.1 Å². The Morgan fingerprint density at radius 2 is 1.62 bits per heavy atom. The number of carbonyl (C=O) groups excluding carboxylic acids is 2. The molecule has 260 valence electrons. The Balaban J connectivity index is 1.48. The lowest BCUT2D eigenvalue weighted by molar-refractivity contribution is -0.133. The van der Waals surface area contributed by atoms with Crippen molar-refractivity contribution in [2.24, 2.45) is 5.92 Å². The minimum Gasteiger partial charge on any atom is -0.388 e. The number of benzene rings is 2. The quantitative estimate of drug-likeness (QED) is 0.446. The van der Waals surface area contributed by atoms with Gasteiger partial charge in [0.25, 0.3) is 5.91 Å². The highest BCUT2D eigenvalue weighted by Gasteiger charge is 2.32. The molecule has 0 spiro atoms. The molecule has 0 aliphatic carbocycles. The van der Waals surface area contributed by atoms with Crippen molar-refractivity contribution in [3.05, 3.63) is 65.7 Å². The number of hydrogen-bond donors (Lipinski definition) is 2. The van der Waals surface area contributed by atoms with E-state index in [4.69, 9.17) is 9.47 Å². The molecule has 2 saturated heterocycles. The lowest BCUT2D eigenvalue weighted by atomic mass is 10.1. The zero-order chi connectivity index (χ0) is 33.8. The molecule has 2 aromatic rings. The normalized spacial score (nSPS) is 22.7. The minimum absolute atomic E-state index is 0.0263. The number of hydrogen-bond acceptors (Lipinski definition) is 8. The van der Waals surface area contributed by atoms with Crippen LogP contribution in [0.15, 0.2) is 48.5 Å². The van der Waals surface area contributed by atoms with Crippen molar-refractivity contribution in [1.82, 2.24) is 14.7 Å². The first-order valence-electron chi connectivity index (χ1n) is 16.7. The Labute approximate surface area is 276 Å². The van der Waals surface area contributed by atoms with Gasteiger partial charge in [-0.05, 0) is 68.1 Å². The predicted molar refractivity (Wildman–Crippen MR) is 175 cm³/mol. The van der Waals surface area contributed by atoms with E-state index in [2.05, 4.69) is 4.90 Å². The molecule has 0 radical (unpaired) electrons. The largest absolute Gasteiger partial charge is 0.388 e. The fraction of sp³-hybridized carbons (Fsp3) is 0.600. The van der Waals surface area contributed by atoms with E-state index in [1.165, 1.54) is 35.2 Å². The molecule has 3 atom stereocenters. The van der Waals surface area contributed by atoms with Crippen LogP contribution in [0.5, 0.6) is 0 Å². The fourth-order valence-corrected chi connectivity index (χ4v) is 5.79. The van der Waals surface area contributed by atoms with Gasteiger partial charge in [-0.25, -0.2) is 8.78 Å². The number of amides is 2. The highest BCUT2D eigenvalue weighted by atomic mass is 19.1. The van der Waals surface area contributed by atoms with Gasteiger partial charge in [0.15, 0.2) is 0 Å². The van der Waals surface area contributed by atoms with Gasteiger partial charge in [0.05, 0.1) is 18.7 Å². The summed E-state index contributed by atoms with van der Waals surface area (Å²) in [5.41, 5.74) is 0.814. The van der Waals surface area contributed by atoms with Gasteiger partial charge < -0.3 is 34.4 Å². The van der Waals surface area contributed by atoms with E-state index >= 15 is 0 Å². The summed E-state index contributed by atoms with van der Waals surface area (Å²) >= 11 is 0. The van der Waals surface area contributed by atoms with Crippen molar-refractivity contribution in [1.29, 1.82) is 0 Å². The van der Waals surface area contributed by atoms with Gasteiger partial charge in [-0.1, -0.05) is 26.0 Å². The number of aliphatic hydroxyl groups is 2. The molecule has 2 aliphatic rings. The number of nitrogens with zero attached hydrogens (tertiary/aromatic N) is 4. The third kappa shape index (κ3) is 11.2. The molecule has 2 heterocycles. The van der Waals surface area contributed by atoms with Gasteiger partial charge in [0.1, 0.15) is 29.9 Å². The Morgan fingerprint density at radius 1 is 0.915 bits per heavy atom. The highest BCUT2D eigenvalue weighted by molar-refractivity contribution is 5.94. The molecule has 2 N–H and O–H groups in total. The van der Waals surface area contributed by atoms with Crippen molar-refractivity contribution in [3.63, 3.8) is 0 Å². The van der Waals surface area contributed by atoms with Gasteiger partial charge in [0.2, 0.25) is 5.91 Å². The molecule has 10 nitrogen and oxygen atoms in total. The Kier molecular flexibility index (Phi) is 14.4. The Morgan fingerprint density at radius 3 is 2.32 bits per heavy atom. The lowest BCUT2D eigenvalue weighted by Crippen LogP contribution is -2.53. The van der Waals surface area contributed by atoms with Crippen molar-refractivity contribution >= 4 is 17.5 Å². The van der Waals surface area contributed by atoms with Crippen LogP contribution in [0.1, 0.15) is 43.5 Å². The van der Waals surface area contributed by atoms with Crippen LogP contribution in [0.4, 0.5) is 14.5 Å². The summed E-state index contributed by atoms with van der Waals surface area (Å²) in [4.78, 5) is 34.7. The molecule has 0 aromatic heterocycles. The number of aliphatic hydroxyl groups excluding tert-OH is 2. The number of halogens is 2. The second-order valence-corrected chi connectivity index (χ2v) is 12.8. The number of ether oxygens (including phenoxy) is 2. The SMILES string of the molecule is CC(C)CCO[C@@H]1CN(C(=O)c2ccccc2F)CCN(CC(=O)N2CCN(c3ccc(F)cc3)CC2)CCCCOC[C@@H](O)[C@H]1O. The first-order valence-corrected chi connectivity index (χ1v) is 16.7. The summed E-state index contributed by atoms with van der Waals surface area (Å²) in [6.07, 6.45) is -1.41. The lowest BCUT2D eigenvalue weighted by Gasteiger charge is -2.37. The van der Waals surface area contributed by atoms with Crippen molar-refractivity contribution in [2.45, 2.75) is 51.4 Å². The Hall–Kier alpha value is -3.16. The van der Waals surface area contributed by atoms with E-state index in [-0.39, 0.29) is 43.5 Å². The monoisotopic (exact) mass is 660 g/mol. The van der Waals surface area contributed by atoms with E-state index in [0.717, 1.165) is 5.69 Å². The standard InChI is InChI=1S/C35H50F2N4O6/c1-26(2)13-22-47-32-23-41(35(45)29-7-3-4-8-30(29)37)16-15-38(14-5-6-21-46-25-31(42)34(32)44)24-33(43)40-19-17-39(18-20-40)28-11-9-27(36)10-12-28/h3-4,7-12,26,31-32,34,42,44H,5-6,13-25H2,1-2H3/t31-,32-,34-/m1/s1. The van der Waals surface area contributed by atoms with Crippen LogP contribution >= 0.6 is 0 Å². The summed E-state index contributed by atoms with van der Waals surface area (Å²) in [5, 5.41) is 21.8. The van der Waals surface area contributed by atoms with Crippen molar-refractivity contribution in [3.8, 4) is 0 Å². The van der Waals surface area contributed by atoms with Crippen LogP contribution in [0.2, 0.25) is 0 Å². The van der Waals surface area contributed by atoms with Gasteiger partial charge in [-0.15, -0.1) is 0 Å². The van der Waals surface area contributed by atoms with E-state index in [1.807, 2.05) is 23.6 Å². The number of carbonyl (C=O) groups is 2. The smallest absolute Gasteiger partial charge is 0.256 e. The van der Waals surface area contributed by atoms with Crippen molar-refractivity contribution in [2.75, 3.05) is 83.6 Å². The molecule has 4 rings (SSSR count). The molecular formula is C35H50F2N4O6. The van der Waals surface area contributed by atoms with E-state index in [0.29, 0.717) is 77.7 Å². The fourth-order valence-electron chi connectivity index (χ4n) is 5.79. The average Bonchev–Trinajstić information content (AvgIpc) is 3.06. The average molecular weight is 661 g/mol. The molecule has 0 bridgehead atoms. The first kappa shape index (κ1) is 36.7. The molecule has 2 fully saturated rings. The van der Waals surface area contributed by atoms with Gasteiger partial charge in [-0.3, -0.25) is 14.5 Å². The molecule has 2 aliphatic heterocycles.